The minimum atomic E-state index is -4.56. The molecule has 3 atom stereocenters. The van der Waals surface area contributed by atoms with E-state index >= 15 is 0 Å². The Hall–Kier alpha value is -1.80. The van der Waals surface area contributed by atoms with E-state index in [9.17, 15) is 19.4 Å². The number of unbranched alkanes of at least 4 members (excludes halogenated alkanes) is 20. The number of aliphatic hydroxyl groups excluding tert-OH is 1. The number of carbonyl (C=O) groups is 1. The smallest absolute Gasteiger partial charge is 0.268 e. The van der Waals surface area contributed by atoms with Crippen molar-refractivity contribution in [3.63, 3.8) is 0 Å². The lowest BCUT2D eigenvalue weighted by molar-refractivity contribution is -0.870. The Morgan fingerprint density at radius 2 is 1.03 bits per heavy atom. The van der Waals surface area contributed by atoms with Gasteiger partial charge in [0, 0.05) is 6.42 Å². The first-order valence-corrected chi connectivity index (χ1v) is 25.6. The van der Waals surface area contributed by atoms with E-state index in [0.29, 0.717) is 23.9 Å². The van der Waals surface area contributed by atoms with Crippen molar-refractivity contribution in [2.24, 2.45) is 0 Å². The van der Waals surface area contributed by atoms with Gasteiger partial charge in [-0.1, -0.05) is 197 Å². The van der Waals surface area contributed by atoms with Crippen molar-refractivity contribution in [1.82, 2.24) is 5.32 Å². The minimum absolute atomic E-state index is 0.00937. The summed E-state index contributed by atoms with van der Waals surface area (Å²) < 4.78 is 23.2. The zero-order valence-electron chi connectivity index (χ0n) is 38.9. The van der Waals surface area contributed by atoms with Crippen molar-refractivity contribution >= 4 is 13.7 Å². The summed E-state index contributed by atoms with van der Waals surface area (Å²) in [6.07, 6.45) is 53.8. The average Bonchev–Trinajstić information content (AvgIpc) is 3.19. The number of hydrogen-bond donors (Lipinski definition) is 2. The second kappa shape index (κ2) is 41.5. The molecule has 1 amide bonds. The van der Waals surface area contributed by atoms with Crippen molar-refractivity contribution in [1.29, 1.82) is 0 Å². The number of likely N-dealkylation sites (N-methyl/N-ethyl adjacent to an activating group) is 1. The Kier molecular flexibility index (Phi) is 40.3. The number of allylic oxidation sites excluding steroid dienone is 10. The maximum Gasteiger partial charge on any atom is 0.268 e. The van der Waals surface area contributed by atoms with Crippen LogP contribution in [0.2, 0.25) is 0 Å². The van der Waals surface area contributed by atoms with Gasteiger partial charge in [-0.3, -0.25) is 9.36 Å². The molecule has 0 aliphatic rings. The highest BCUT2D eigenvalue weighted by atomic mass is 31.2. The third kappa shape index (κ3) is 44.1. The van der Waals surface area contributed by atoms with Gasteiger partial charge in [0.25, 0.3) is 7.82 Å². The Balaban J connectivity index is 4.15. The van der Waals surface area contributed by atoms with E-state index in [1.165, 1.54) is 103 Å². The van der Waals surface area contributed by atoms with Crippen LogP contribution in [0.1, 0.15) is 200 Å². The molecule has 0 heterocycles. The highest BCUT2D eigenvalue weighted by Crippen LogP contribution is 2.38. The molecule has 9 heteroatoms. The lowest BCUT2D eigenvalue weighted by Crippen LogP contribution is -2.46. The Labute approximate surface area is 364 Å². The summed E-state index contributed by atoms with van der Waals surface area (Å²) in [7, 11) is 1.29. The molecule has 59 heavy (non-hydrogen) atoms. The molecule has 0 saturated carbocycles. The van der Waals surface area contributed by atoms with Gasteiger partial charge in [0.1, 0.15) is 13.2 Å². The van der Waals surface area contributed by atoms with Crippen LogP contribution in [0.25, 0.3) is 0 Å². The summed E-state index contributed by atoms with van der Waals surface area (Å²) in [5.74, 6) is -0.172. The monoisotopic (exact) mass is 849 g/mol. The van der Waals surface area contributed by atoms with Gasteiger partial charge in [0.2, 0.25) is 5.91 Å². The number of nitrogens with one attached hydrogen (secondary N) is 1. The van der Waals surface area contributed by atoms with Crippen LogP contribution < -0.4 is 10.2 Å². The number of aliphatic hydroxyl groups is 1. The second-order valence-corrected chi connectivity index (χ2v) is 18.8. The lowest BCUT2D eigenvalue weighted by atomic mass is 10.0. The van der Waals surface area contributed by atoms with Crippen LogP contribution in [-0.2, 0) is 18.4 Å². The maximum atomic E-state index is 12.9. The van der Waals surface area contributed by atoms with Gasteiger partial charge in [-0.05, 0) is 57.8 Å². The lowest BCUT2D eigenvalue weighted by Gasteiger charge is -2.30. The molecule has 0 saturated heterocycles. The van der Waals surface area contributed by atoms with E-state index in [0.717, 1.165) is 70.6 Å². The van der Waals surface area contributed by atoms with Crippen molar-refractivity contribution in [2.75, 3.05) is 40.9 Å². The molecule has 0 fully saturated rings. The average molecular weight is 849 g/mol. The summed E-state index contributed by atoms with van der Waals surface area (Å²) >= 11 is 0. The van der Waals surface area contributed by atoms with Crippen molar-refractivity contribution in [3.8, 4) is 0 Å². The molecule has 344 valence electrons. The van der Waals surface area contributed by atoms with Crippen molar-refractivity contribution in [2.45, 2.75) is 212 Å². The van der Waals surface area contributed by atoms with E-state index in [1.54, 1.807) is 0 Å². The number of nitrogens with zero attached hydrogens (tertiary/aromatic N) is 1. The van der Waals surface area contributed by atoms with Crippen LogP contribution in [0, 0.1) is 0 Å². The standard InChI is InChI=1S/C50H93N2O6P/c1-6-8-10-12-14-16-18-19-20-21-22-23-24-25-26-27-28-29-30-31-32-33-34-36-38-40-42-44-50(54)51-48(47-58-59(55,56)57-46-45-52(3,4)5)49(53)43-41-39-37-35-17-15-13-11-9-7-2/h8,10,14,16,19-20,22-23,25-26,48-49,53H,6-7,9,11-13,15,17-18,21,24,27-47H2,1-5H3,(H-,51,54,55,56)/b10-8-,16-14-,20-19-,23-22-,26-25-. The van der Waals surface area contributed by atoms with E-state index in [1.807, 2.05) is 21.1 Å². The minimum Gasteiger partial charge on any atom is -0.756 e. The molecule has 2 N–H and O–H groups in total. The molecular formula is C50H93N2O6P. The summed E-state index contributed by atoms with van der Waals surface area (Å²) in [6.45, 7) is 4.58. The molecule has 0 aromatic rings. The molecule has 0 bridgehead atoms. The topological polar surface area (TPSA) is 108 Å². The highest BCUT2D eigenvalue weighted by Gasteiger charge is 2.24. The van der Waals surface area contributed by atoms with Crippen LogP contribution in [0.5, 0.6) is 0 Å². The number of phosphoric acid groups is 1. The summed E-state index contributed by atoms with van der Waals surface area (Å²) in [4.78, 5) is 25.3. The first kappa shape index (κ1) is 57.2. The number of carbonyl (C=O) groups excluding carboxylic acids is 1. The molecule has 0 aromatic heterocycles. The Morgan fingerprint density at radius 3 is 1.51 bits per heavy atom. The number of rotatable bonds is 43. The van der Waals surface area contributed by atoms with Crippen LogP contribution in [0.4, 0.5) is 0 Å². The maximum absolute atomic E-state index is 12.9. The number of hydrogen-bond acceptors (Lipinski definition) is 6. The van der Waals surface area contributed by atoms with Gasteiger partial charge >= 0.3 is 0 Å². The fourth-order valence-electron chi connectivity index (χ4n) is 6.71. The van der Waals surface area contributed by atoms with E-state index in [2.05, 4.69) is 79.9 Å². The van der Waals surface area contributed by atoms with Gasteiger partial charge in [-0.25, -0.2) is 0 Å². The van der Waals surface area contributed by atoms with E-state index < -0.39 is 20.0 Å². The van der Waals surface area contributed by atoms with Gasteiger partial charge in [0.15, 0.2) is 0 Å². The molecule has 0 aromatic carbocycles. The molecule has 0 aliphatic carbocycles. The second-order valence-electron chi connectivity index (χ2n) is 17.4. The Morgan fingerprint density at radius 1 is 0.610 bits per heavy atom. The molecule has 0 radical (unpaired) electrons. The van der Waals surface area contributed by atoms with Gasteiger partial charge in [0.05, 0.1) is 39.9 Å². The summed E-state index contributed by atoms with van der Waals surface area (Å²) in [6, 6.07) is -0.802. The molecular weight excluding hydrogens is 756 g/mol. The van der Waals surface area contributed by atoms with Crippen LogP contribution >= 0.6 is 7.82 Å². The third-order valence-electron chi connectivity index (χ3n) is 10.5. The van der Waals surface area contributed by atoms with Crippen LogP contribution in [0.15, 0.2) is 60.8 Å². The summed E-state index contributed by atoms with van der Waals surface area (Å²) in [5.41, 5.74) is 0. The third-order valence-corrected chi connectivity index (χ3v) is 11.5. The molecule has 3 unspecified atom stereocenters. The van der Waals surface area contributed by atoms with Gasteiger partial charge in [-0.2, -0.15) is 0 Å². The molecule has 0 spiro atoms. The molecule has 8 nitrogen and oxygen atoms in total. The SMILES string of the molecule is CC/C=C\C/C=C\C/C=C\C/C=C\C/C=C\CCCCCCCCCCCCCC(=O)NC(COP(=O)([O-])OCC[N+](C)(C)C)C(O)CCCCCCCCCCCC. The van der Waals surface area contributed by atoms with Crippen LogP contribution in [-0.4, -0.2) is 68.5 Å². The van der Waals surface area contributed by atoms with Gasteiger partial charge < -0.3 is 28.8 Å². The first-order valence-electron chi connectivity index (χ1n) is 24.1. The zero-order valence-corrected chi connectivity index (χ0v) is 39.8. The molecule has 0 rings (SSSR count). The number of phosphoric ester groups is 1. The predicted octanol–water partition coefficient (Wildman–Crippen LogP) is 13.2. The number of quaternary nitrogens is 1. The fraction of sp³-hybridized carbons (Fsp3) is 0.780. The van der Waals surface area contributed by atoms with Crippen molar-refractivity contribution in [3.05, 3.63) is 60.8 Å². The Bertz CT molecular complexity index is 1140. The molecule has 0 aliphatic heterocycles. The predicted molar refractivity (Wildman–Crippen MR) is 251 cm³/mol. The van der Waals surface area contributed by atoms with Crippen LogP contribution in [0.3, 0.4) is 0 Å². The summed E-state index contributed by atoms with van der Waals surface area (Å²) in [5, 5.41) is 13.9. The van der Waals surface area contributed by atoms with Gasteiger partial charge in [-0.15, -0.1) is 0 Å². The largest absolute Gasteiger partial charge is 0.756 e. The quantitative estimate of drug-likeness (QED) is 0.0274. The van der Waals surface area contributed by atoms with Crippen molar-refractivity contribution < 1.29 is 32.9 Å². The zero-order chi connectivity index (χ0) is 43.6. The number of amides is 1. The fourth-order valence-corrected chi connectivity index (χ4v) is 7.44. The normalized spacial score (nSPS) is 14.8. The van der Waals surface area contributed by atoms with E-state index in [-0.39, 0.29) is 19.1 Å². The highest BCUT2D eigenvalue weighted by molar-refractivity contribution is 7.45. The van der Waals surface area contributed by atoms with E-state index in [4.69, 9.17) is 9.05 Å². The first-order chi connectivity index (χ1) is 28.5.